The summed E-state index contributed by atoms with van der Waals surface area (Å²) in [5, 5.41) is 16.6. The summed E-state index contributed by atoms with van der Waals surface area (Å²) in [6.45, 7) is 9.04. The molecule has 0 aliphatic carbocycles. The van der Waals surface area contributed by atoms with Gasteiger partial charge in [-0.2, -0.15) is 0 Å². The number of piperidine rings is 1. The number of nitrogens with one attached hydrogen (secondary N) is 1. The van der Waals surface area contributed by atoms with Gasteiger partial charge in [-0.3, -0.25) is 0 Å². The zero-order valence-corrected chi connectivity index (χ0v) is 13.9. The first-order valence-corrected chi connectivity index (χ1v) is 8.03. The van der Waals surface area contributed by atoms with E-state index in [1.807, 2.05) is 32.6 Å². The standard InChI is InChI=1S/C16H27N3O3/c1-10(9-15-11(2)18-22-13(15)4)17-16(21)19-7-5-14(6-8-19)12(3)20/h10,12,14,20H,5-9H2,1-4H3,(H,17,21). The number of aliphatic hydroxyl groups is 1. The number of urea groups is 1. The maximum Gasteiger partial charge on any atom is 0.317 e. The Bertz CT molecular complexity index is 485. The fraction of sp³-hybridized carbons (Fsp3) is 0.750. The van der Waals surface area contributed by atoms with Gasteiger partial charge in [0.1, 0.15) is 5.76 Å². The third-order valence-electron chi connectivity index (χ3n) is 4.57. The van der Waals surface area contributed by atoms with E-state index in [1.54, 1.807) is 0 Å². The number of aliphatic hydroxyl groups excluding tert-OH is 1. The molecule has 2 atom stereocenters. The normalized spacial score (nSPS) is 19.0. The monoisotopic (exact) mass is 309 g/mol. The molecule has 2 N–H and O–H groups in total. The lowest BCUT2D eigenvalue weighted by Gasteiger charge is -2.34. The van der Waals surface area contributed by atoms with E-state index in [2.05, 4.69) is 10.5 Å². The van der Waals surface area contributed by atoms with Crippen molar-refractivity contribution in [3.8, 4) is 0 Å². The van der Waals surface area contributed by atoms with Gasteiger partial charge in [0.05, 0.1) is 11.8 Å². The number of hydrogen-bond donors (Lipinski definition) is 2. The quantitative estimate of drug-likeness (QED) is 0.892. The van der Waals surface area contributed by atoms with Crippen molar-refractivity contribution in [2.75, 3.05) is 13.1 Å². The third kappa shape index (κ3) is 4.00. The minimum atomic E-state index is -0.288. The molecular formula is C16H27N3O3. The molecule has 2 amide bonds. The van der Waals surface area contributed by atoms with Crippen LogP contribution in [0.15, 0.2) is 4.52 Å². The molecule has 6 heteroatoms. The lowest BCUT2D eigenvalue weighted by Crippen LogP contribution is -2.48. The molecule has 1 aromatic heterocycles. The van der Waals surface area contributed by atoms with Gasteiger partial charge < -0.3 is 19.8 Å². The summed E-state index contributed by atoms with van der Waals surface area (Å²) < 4.78 is 5.15. The molecule has 0 bridgehead atoms. The van der Waals surface area contributed by atoms with Crippen LogP contribution in [0.5, 0.6) is 0 Å². The summed E-state index contributed by atoms with van der Waals surface area (Å²) in [4.78, 5) is 14.1. The van der Waals surface area contributed by atoms with Crippen LogP contribution in [0.2, 0.25) is 0 Å². The summed E-state index contributed by atoms with van der Waals surface area (Å²) >= 11 is 0. The topological polar surface area (TPSA) is 78.6 Å². The smallest absolute Gasteiger partial charge is 0.317 e. The lowest BCUT2D eigenvalue weighted by atomic mass is 9.92. The van der Waals surface area contributed by atoms with Gasteiger partial charge in [0.25, 0.3) is 0 Å². The highest BCUT2D eigenvalue weighted by molar-refractivity contribution is 5.74. The second kappa shape index (κ2) is 7.13. The van der Waals surface area contributed by atoms with E-state index in [9.17, 15) is 9.90 Å². The Balaban J connectivity index is 1.82. The van der Waals surface area contributed by atoms with Crippen LogP contribution in [0.25, 0.3) is 0 Å². The molecule has 124 valence electrons. The number of likely N-dealkylation sites (tertiary alicyclic amines) is 1. The van der Waals surface area contributed by atoms with Crippen molar-refractivity contribution in [2.24, 2.45) is 5.92 Å². The fourth-order valence-electron chi connectivity index (χ4n) is 3.04. The zero-order chi connectivity index (χ0) is 16.3. The van der Waals surface area contributed by atoms with Crippen LogP contribution in [-0.2, 0) is 6.42 Å². The number of carbonyl (C=O) groups excluding carboxylic acids is 1. The molecule has 0 saturated carbocycles. The van der Waals surface area contributed by atoms with Crippen molar-refractivity contribution in [1.29, 1.82) is 0 Å². The molecule has 1 aliphatic heterocycles. The van der Waals surface area contributed by atoms with E-state index in [1.165, 1.54) is 0 Å². The third-order valence-corrected chi connectivity index (χ3v) is 4.57. The van der Waals surface area contributed by atoms with E-state index in [-0.39, 0.29) is 18.2 Å². The van der Waals surface area contributed by atoms with E-state index in [0.717, 1.165) is 36.3 Å². The number of carbonyl (C=O) groups is 1. The van der Waals surface area contributed by atoms with E-state index in [4.69, 9.17) is 4.52 Å². The van der Waals surface area contributed by atoms with Crippen molar-refractivity contribution < 1.29 is 14.4 Å². The van der Waals surface area contributed by atoms with Crippen LogP contribution in [0.4, 0.5) is 4.79 Å². The van der Waals surface area contributed by atoms with Gasteiger partial charge in [-0.05, 0) is 52.9 Å². The SMILES string of the molecule is Cc1noc(C)c1CC(C)NC(=O)N1CCC(C(C)O)CC1. The fourth-order valence-corrected chi connectivity index (χ4v) is 3.04. The van der Waals surface area contributed by atoms with Crippen LogP contribution in [0, 0.1) is 19.8 Å². The first-order valence-electron chi connectivity index (χ1n) is 8.03. The Morgan fingerprint density at radius 2 is 2.05 bits per heavy atom. The van der Waals surface area contributed by atoms with Crippen LogP contribution >= 0.6 is 0 Å². The second-order valence-corrected chi connectivity index (χ2v) is 6.42. The van der Waals surface area contributed by atoms with Crippen molar-refractivity contribution in [3.63, 3.8) is 0 Å². The molecule has 0 spiro atoms. The van der Waals surface area contributed by atoms with Gasteiger partial charge in [0.15, 0.2) is 0 Å². The predicted molar refractivity (Wildman–Crippen MR) is 83.7 cm³/mol. The molecule has 6 nitrogen and oxygen atoms in total. The Morgan fingerprint density at radius 3 is 2.55 bits per heavy atom. The number of rotatable bonds is 4. The maximum atomic E-state index is 12.3. The minimum absolute atomic E-state index is 0.0247. The summed E-state index contributed by atoms with van der Waals surface area (Å²) in [5.74, 6) is 1.13. The van der Waals surface area contributed by atoms with Crippen LogP contribution < -0.4 is 5.32 Å². The number of hydrogen-bond acceptors (Lipinski definition) is 4. The summed E-state index contributed by atoms with van der Waals surface area (Å²) in [6.07, 6.45) is 2.16. The highest BCUT2D eigenvalue weighted by Crippen LogP contribution is 2.20. The number of amides is 2. The molecule has 0 aromatic carbocycles. The van der Waals surface area contributed by atoms with Crippen LogP contribution in [0.1, 0.15) is 43.7 Å². The Labute approximate surface area is 131 Å². The van der Waals surface area contributed by atoms with Crippen LogP contribution in [-0.4, -0.2) is 46.4 Å². The molecule has 2 heterocycles. The van der Waals surface area contributed by atoms with Gasteiger partial charge >= 0.3 is 6.03 Å². The first kappa shape index (κ1) is 16.8. The Hall–Kier alpha value is -1.56. The first-order chi connectivity index (χ1) is 10.4. The van der Waals surface area contributed by atoms with E-state index >= 15 is 0 Å². The van der Waals surface area contributed by atoms with Crippen molar-refractivity contribution in [2.45, 2.75) is 59.1 Å². The summed E-state index contributed by atoms with van der Waals surface area (Å²) in [7, 11) is 0. The number of nitrogens with zero attached hydrogens (tertiary/aromatic N) is 2. The molecule has 1 fully saturated rings. The predicted octanol–water partition coefficient (Wildman–Crippen LogP) is 2.02. The number of aryl methyl sites for hydroxylation is 2. The zero-order valence-electron chi connectivity index (χ0n) is 13.9. The Kier molecular flexibility index (Phi) is 5.45. The largest absolute Gasteiger partial charge is 0.393 e. The van der Waals surface area contributed by atoms with E-state index < -0.39 is 0 Å². The van der Waals surface area contributed by atoms with Gasteiger partial charge in [0, 0.05) is 24.7 Å². The molecule has 22 heavy (non-hydrogen) atoms. The van der Waals surface area contributed by atoms with Gasteiger partial charge in [0.2, 0.25) is 0 Å². The van der Waals surface area contributed by atoms with Gasteiger partial charge in [-0.25, -0.2) is 4.79 Å². The second-order valence-electron chi connectivity index (χ2n) is 6.42. The molecule has 2 unspecified atom stereocenters. The van der Waals surface area contributed by atoms with Crippen molar-refractivity contribution >= 4 is 6.03 Å². The lowest BCUT2D eigenvalue weighted by molar-refractivity contribution is 0.0794. The van der Waals surface area contributed by atoms with Crippen molar-refractivity contribution in [3.05, 3.63) is 17.0 Å². The van der Waals surface area contributed by atoms with Gasteiger partial charge in [-0.1, -0.05) is 5.16 Å². The Morgan fingerprint density at radius 1 is 1.41 bits per heavy atom. The minimum Gasteiger partial charge on any atom is -0.393 e. The highest BCUT2D eigenvalue weighted by Gasteiger charge is 2.26. The number of aromatic nitrogens is 1. The highest BCUT2D eigenvalue weighted by atomic mass is 16.5. The van der Waals surface area contributed by atoms with Crippen molar-refractivity contribution in [1.82, 2.24) is 15.4 Å². The average molecular weight is 309 g/mol. The van der Waals surface area contributed by atoms with Gasteiger partial charge in [-0.15, -0.1) is 0 Å². The summed E-state index contributed by atoms with van der Waals surface area (Å²) in [6, 6.07) is 0.00194. The molecule has 1 saturated heterocycles. The molecular weight excluding hydrogens is 282 g/mol. The molecule has 1 aromatic rings. The molecule has 0 radical (unpaired) electrons. The summed E-state index contributed by atoms with van der Waals surface area (Å²) in [5.41, 5.74) is 1.96. The molecule has 1 aliphatic rings. The molecule has 2 rings (SSSR count). The van der Waals surface area contributed by atoms with Crippen LogP contribution in [0.3, 0.4) is 0 Å². The van der Waals surface area contributed by atoms with E-state index in [0.29, 0.717) is 19.0 Å². The average Bonchev–Trinajstić information content (AvgIpc) is 2.79. The maximum absolute atomic E-state index is 12.3.